The Morgan fingerprint density at radius 2 is 0.646 bits per heavy atom. The highest BCUT2D eigenvalue weighted by molar-refractivity contribution is 4.75. The van der Waals surface area contributed by atoms with Crippen LogP contribution in [0.1, 0.15) is 220 Å². The number of hydrogen-bond acceptors (Lipinski definition) is 3. The van der Waals surface area contributed by atoms with Crippen LogP contribution in [0, 0.1) is 0 Å². The van der Waals surface area contributed by atoms with Crippen molar-refractivity contribution in [2.24, 2.45) is 0 Å². The highest BCUT2D eigenvalue weighted by Gasteiger charge is 2.09. The van der Waals surface area contributed by atoms with E-state index in [0.29, 0.717) is 0 Å². The van der Waals surface area contributed by atoms with Gasteiger partial charge in [-0.3, -0.25) is 0 Å². The second-order valence-electron chi connectivity index (χ2n) is 15.4. The number of hydrogen-bond donors (Lipinski definition) is 0. The smallest absolute Gasteiger partial charge is 0.0946 e. The van der Waals surface area contributed by atoms with Gasteiger partial charge in [0.25, 0.3) is 0 Å². The minimum atomic E-state index is 1.07. The summed E-state index contributed by atoms with van der Waals surface area (Å²) in [5.74, 6) is 0. The van der Waals surface area contributed by atoms with Gasteiger partial charge in [0.05, 0.1) is 6.33 Å². The highest BCUT2D eigenvalue weighted by Crippen LogP contribution is 2.14. The molecule has 0 saturated heterocycles. The van der Waals surface area contributed by atoms with Crippen LogP contribution in [0.4, 0.5) is 0 Å². The summed E-state index contributed by atoms with van der Waals surface area (Å²) in [5, 5.41) is 0. The average Bonchev–Trinajstić information content (AvgIpc) is 3.63. The summed E-state index contributed by atoms with van der Waals surface area (Å²) < 4.78 is 2.26. The highest BCUT2D eigenvalue weighted by atomic mass is 15.2. The van der Waals surface area contributed by atoms with Gasteiger partial charge in [-0.25, -0.2) is 4.98 Å². The van der Waals surface area contributed by atoms with Crippen LogP contribution < -0.4 is 0 Å². The third-order valence-electron chi connectivity index (χ3n) is 10.7. The topological polar surface area (TPSA) is 24.3 Å². The van der Waals surface area contributed by atoms with Crippen molar-refractivity contribution in [2.75, 3.05) is 39.3 Å². The van der Waals surface area contributed by atoms with Crippen molar-refractivity contribution in [1.82, 2.24) is 19.4 Å². The Kier molecular flexibility index (Phi) is 35.2. The van der Waals surface area contributed by atoms with Gasteiger partial charge in [0.1, 0.15) is 0 Å². The van der Waals surface area contributed by atoms with Gasteiger partial charge in [-0.15, -0.1) is 0 Å². The molecular formula is C44H88N4. The quantitative estimate of drug-likeness (QED) is 0.0649. The third-order valence-corrected chi connectivity index (χ3v) is 10.7. The first kappa shape index (κ1) is 45.2. The average molecular weight is 673 g/mol. The van der Waals surface area contributed by atoms with E-state index in [2.05, 4.69) is 46.3 Å². The van der Waals surface area contributed by atoms with Crippen molar-refractivity contribution in [1.29, 1.82) is 0 Å². The van der Waals surface area contributed by atoms with Crippen molar-refractivity contribution >= 4 is 0 Å². The second-order valence-corrected chi connectivity index (χ2v) is 15.4. The first-order valence-electron chi connectivity index (χ1n) is 22.2. The van der Waals surface area contributed by atoms with Crippen molar-refractivity contribution < 1.29 is 0 Å². The van der Waals surface area contributed by atoms with E-state index in [4.69, 9.17) is 0 Å². The van der Waals surface area contributed by atoms with E-state index in [1.54, 1.807) is 0 Å². The Balaban J connectivity index is 2.39. The minimum absolute atomic E-state index is 1.07. The molecule has 0 bridgehead atoms. The molecule has 0 spiro atoms. The Morgan fingerprint density at radius 1 is 0.354 bits per heavy atom. The van der Waals surface area contributed by atoms with Crippen LogP contribution in [-0.4, -0.2) is 58.6 Å². The molecular weight excluding hydrogens is 585 g/mol. The normalized spacial score (nSPS) is 11.9. The van der Waals surface area contributed by atoms with Gasteiger partial charge in [-0.1, -0.05) is 194 Å². The molecule has 1 aromatic heterocycles. The van der Waals surface area contributed by atoms with E-state index in [9.17, 15) is 0 Å². The molecule has 0 amide bonds. The molecule has 284 valence electrons. The van der Waals surface area contributed by atoms with Gasteiger partial charge in [0.2, 0.25) is 0 Å². The number of aromatic nitrogens is 2. The lowest BCUT2D eigenvalue weighted by molar-refractivity contribution is 0.213. The Hall–Kier alpha value is -0.870. The lowest BCUT2D eigenvalue weighted by atomic mass is 10.1. The number of imidazole rings is 1. The van der Waals surface area contributed by atoms with Crippen LogP contribution in [0.15, 0.2) is 18.7 Å². The van der Waals surface area contributed by atoms with E-state index in [1.165, 1.54) is 232 Å². The summed E-state index contributed by atoms with van der Waals surface area (Å²) >= 11 is 0. The molecule has 0 saturated carbocycles. The fourth-order valence-electron chi connectivity index (χ4n) is 7.33. The van der Waals surface area contributed by atoms with Crippen LogP contribution in [0.5, 0.6) is 0 Å². The van der Waals surface area contributed by atoms with E-state index < -0.39 is 0 Å². The summed E-state index contributed by atoms with van der Waals surface area (Å²) in [5.41, 5.74) is 0. The summed E-state index contributed by atoms with van der Waals surface area (Å²) in [7, 11) is 0. The lowest BCUT2D eigenvalue weighted by Gasteiger charge is -2.26. The molecule has 1 rings (SSSR count). The summed E-state index contributed by atoms with van der Waals surface area (Å²) in [6.45, 7) is 15.6. The molecule has 0 radical (unpaired) electrons. The largest absolute Gasteiger partial charge is 0.336 e. The fraction of sp³-hybridized carbons (Fsp3) is 0.932. The van der Waals surface area contributed by atoms with Gasteiger partial charge < -0.3 is 14.4 Å². The lowest BCUT2D eigenvalue weighted by Crippen LogP contribution is -2.33. The SMILES string of the molecule is CCCCCCCCCCCCN(CCCCCCCCCCCC)CCCN(CCCCCCCCCCCC)CCn1ccnc1. The van der Waals surface area contributed by atoms with Crippen molar-refractivity contribution in [3.05, 3.63) is 18.7 Å². The summed E-state index contributed by atoms with van der Waals surface area (Å²) in [6, 6.07) is 0. The van der Waals surface area contributed by atoms with Gasteiger partial charge in [-0.2, -0.15) is 0 Å². The molecule has 0 aliphatic carbocycles. The molecule has 48 heavy (non-hydrogen) atoms. The van der Waals surface area contributed by atoms with Crippen LogP contribution in [0.2, 0.25) is 0 Å². The van der Waals surface area contributed by atoms with E-state index in [1.807, 2.05) is 12.5 Å². The molecule has 0 aliphatic rings. The molecule has 1 aromatic rings. The first-order chi connectivity index (χ1) is 23.8. The molecule has 0 aromatic carbocycles. The zero-order valence-corrected chi connectivity index (χ0v) is 33.4. The Morgan fingerprint density at radius 3 is 0.958 bits per heavy atom. The van der Waals surface area contributed by atoms with Crippen LogP contribution in [0.3, 0.4) is 0 Å². The predicted molar refractivity (Wildman–Crippen MR) is 215 cm³/mol. The molecule has 0 aliphatic heterocycles. The fourth-order valence-corrected chi connectivity index (χ4v) is 7.33. The van der Waals surface area contributed by atoms with Crippen molar-refractivity contribution in [3.63, 3.8) is 0 Å². The third kappa shape index (κ3) is 31.1. The predicted octanol–water partition coefficient (Wildman–Crippen LogP) is 13.6. The molecule has 0 N–H and O–H groups in total. The van der Waals surface area contributed by atoms with E-state index >= 15 is 0 Å². The molecule has 0 atom stereocenters. The zero-order chi connectivity index (χ0) is 34.4. The number of unbranched alkanes of at least 4 members (excludes halogenated alkanes) is 27. The van der Waals surface area contributed by atoms with Crippen molar-refractivity contribution in [3.8, 4) is 0 Å². The number of nitrogens with zero attached hydrogens (tertiary/aromatic N) is 4. The van der Waals surface area contributed by atoms with Gasteiger partial charge in [0.15, 0.2) is 0 Å². The van der Waals surface area contributed by atoms with E-state index in [-0.39, 0.29) is 0 Å². The first-order valence-corrected chi connectivity index (χ1v) is 22.2. The molecule has 4 heteroatoms. The maximum atomic E-state index is 4.28. The Labute approximate surface area is 303 Å². The Bertz CT molecular complexity index is 681. The van der Waals surface area contributed by atoms with Gasteiger partial charge in [0, 0.05) is 25.5 Å². The maximum absolute atomic E-state index is 4.28. The maximum Gasteiger partial charge on any atom is 0.0946 e. The van der Waals surface area contributed by atoms with Crippen LogP contribution in [-0.2, 0) is 6.54 Å². The zero-order valence-electron chi connectivity index (χ0n) is 33.4. The van der Waals surface area contributed by atoms with Crippen LogP contribution >= 0.6 is 0 Å². The van der Waals surface area contributed by atoms with Crippen molar-refractivity contribution in [2.45, 2.75) is 226 Å². The van der Waals surface area contributed by atoms with Gasteiger partial charge >= 0.3 is 0 Å². The monoisotopic (exact) mass is 673 g/mol. The second kappa shape index (κ2) is 37.4. The molecule has 0 fully saturated rings. The number of rotatable bonds is 40. The standard InChI is InChI=1S/C44H88N4/c1-4-7-10-13-16-19-22-25-28-31-36-46(37-32-29-26-23-20-17-14-11-8-5-2)39-34-40-47(42-43-48-41-35-45-44-48)38-33-30-27-24-21-18-15-12-9-6-3/h35,41,44H,4-34,36-40,42-43H2,1-3H3. The summed E-state index contributed by atoms with van der Waals surface area (Å²) in [6.07, 6.45) is 50.2. The minimum Gasteiger partial charge on any atom is -0.336 e. The van der Waals surface area contributed by atoms with Crippen LogP contribution in [0.25, 0.3) is 0 Å². The van der Waals surface area contributed by atoms with E-state index in [0.717, 1.165) is 13.1 Å². The molecule has 0 unspecified atom stereocenters. The summed E-state index contributed by atoms with van der Waals surface area (Å²) in [4.78, 5) is 9.90. The molecule has 4 nitrogen and oxygen atoms in total. The molecule has 1 heterocycles. The van der Waals surface area contributed by atoms with Gasteiger partial charge in [-0.05, 0) is 58.4 Å².